The Morgan fingerprint density at radius 1 is 1.25 bits per heavy atom. The highest BCUT2D eigenvalue weighted by Gasteiger charge is 2.18. The molecule has 1 aromatic carbocycles. The van der Waals surface area contributed by atoms with Gasteiger partial charge in [-0.1, -0.05) is 36.4 Å². The van der Waals surface area contributed by atoms with Crippen LogP contribution in [0.3, 0.4) is 0 Å². The Morgan fingerprint density at radius 2 is 1.94 bits per heavy atom. The maximum absolute atomic E-state index is 4.65. The first-order valence-corrected chi connectivity index (χ1v) is 6.68. The molecule has 0 saturated heterocycles. The molecule has 3 heteroatoms. The van der Waals surface area contributed by atoms with Crippen molar-refractivity contribution in [3.05, 3.63) is 29.8 Å². The lowest BCUT2D eigenvalue weighted by molar-refractivity contribution is 0.537. The van der Waals surface area contributed by atoms with Gasteiger partial charge in [0.1, 0.15) is 0 Å². The first-order chi connectivity index (χ1) is 7.65. The van der Waals surface area contributed by atoms with Crippen LogP contribution in [0.1, 0.15) is 19.4 Å². The molecule has 0 aliphatic carbocycles. The van der Waals surface area contributed by atoms with Gasteiger partial charge in [0, 0.05) is 11.4 Å². The minimum atomic E-state index is 0.425. The van der Waals surface area contributed by atoms with Gasteiger partial charge in [0.15, 0.2) is 5.17 Å². The number of nitrogens with zero attached hydrogens (tertiary/aromatic N) is 1. The molecule has 1 aromatic rings. The van der Waals surface area contributed by atoms with Crippen molar-refractivity contribution < 1.29 is 0 Å². The van der Waals surface area contributed by atoms with E-state index in [-0.39, 0.29) is 0 Å². The van der Waals surface area contributed by atoms with E-state index < -0.39 is 0 Å². The van der Waals surface area contributed by atoms with Crippen molar-refractivity contribution in [2.45, 2.75) is 26.8 Å². The van der Waals surface area contributed by atoms with E-state index in [1.54, 1.807) is 0 Å². The second-order valence-electron chi connectivity index (χ2n) is 4.45. The third-order valence-corrected chi connectivity index (χ3v) is 4.10. The normalized spacial score (nSPS) is 25.1. The molecule has 1 aliphatic heterocycles. The fourth-order valence-electron chi connectivity index (χ4n) is 1.53. The van der Waals surface area contributed by atoms with Crippen LogP contribution in [0.5, 0.6) is 0 Å². The summed E-state index contributed by atoms with van der Waals surface area (Å²) in [6, 6.07) is 8.85. The Labute approximate surface area is 102 Å². The van der Waals surface area contributed by atoms with E-state index in [9.17, 15) is 0 Å². The van der Waals surface area contributed by atoms with Crippen LogP contribution >= 0.6 is 11.8 Å². The van der Waals surface area contributed by atoms with E-state index >= 15 is 0 Å². The second kappa shape index (κ2) is 4.91. The number of hydrogen-bond acceptors (Lipinski definition) is 3. The molecular formula is C13H18N2S. The molecule has 0 spiro atoms. The molecule has 0 saturated carbocycles. The van der Waals surface area contributed by atoms with Gasteiger partial charge < -0.3 is 5.32 Å². The number of aliphatic imine (C=N–C) groups is 1. The molecule has 2 atom stereocenters. The second-order valence-corrected chi connectivity index (χ2v) is 5.46. The van der Waals surface area contributed by atoms with Gasteiger partial charge in [-0.05, 0) is 31.9 Å². The molecule has 1 heterocycles. The van der Waals surface area contributed by atoms with Crippen LogP contribution in [0.15, 0.2) is 29.3 Å². The van der Waals surface area contributed by atoms with Crippen LogP contribution in [-0.4, -0.2) is 17.0 Å². The molecular weight excluding hydrogens is 216 g/mol. The Balaban J connectivity index is 2.05. The number of amidine groups is 1. The standard InChI is InChI=1S/C13H18N2S/c1-9-4-6-12(7-5-9)15-13-14-11(3)10(2)8-16-13/h4-7,10-11H,8H2,1-3H3,(H,14,15). The molecule has 0 radical (unpaired) electrons. The van der Waals surface area contributed by atoms with Crippen molar-refractivity contribution in [3.63, 3.8) is 0 Å². The highest BCUT2D eigenvalue weighted by Crippen LogP contribution is 2.23. The summed E-state index contributed by atoms with van der Waals surface area (Å²) in [5, 5.41) is 4.42. The van der Waals surface area contributed by atoms with Gasteiger partial charge in [-0.2, -0.15) is 0 Å². The average Bonchev–Trinajstić information content (AvgIpc) is 2.27. The van der Waals surface area contributed by atoms with Gasteiger partial charge in [-0.15, -0.1) is 0 Å². The van der Waals surface area contributed by atoms with E-state index in [4.69, 9.17) is 0 Å². The highest BCUT2D eigenvalue weighted by molar-refractivity contribution is 8.14. The van der Waals surface area contributed by atoms with E-state index in [0.29, 0.717) is 12.0 Å². The van der Waals surface area contributed by atoms with Crippen molar-refractivity contribution in [3.8, 4) is 0 Å². The lowest BCUT2D eigenvalue weighted by Crippen LogP contribution is -2.25. The molecule has 86 valence electrons. The molecule has 1 N–H and O–H groups in total. The smallest absolute Gasteiger partial charge is 0.161 e. The fourth-order valence-corrected chi connectivity index (χ4v) is 2.66. The van der Waals surface area contributed by atoms with Crippen molar-refractivity contribution in [1.82, 2.24) is 0 Å². The lowest BCUT2D eigenvalue weighted by Gasteiger charge is -2.23. The monoisotopic (exact) mass is 234 g/mol. The van der Waals surface area contributed by atoms with E-state index in [2.05, 4.69) is 55.3 Å². The molecule has 2 unspecified atom stereocenters. The summed E-state index contributed by atoms with van der Waals surface area (Å²) >= 11 is 1.81. The molecule has 2 nitrogen and oxygen atoms in total. The third-order valence-electron chi connectivity index (χ3n) is 2.93. The molecule has 16 heavy (non-hydrogen) atoms. The topological polar surface area (TPSA) is 24.4 Å². The van der Waals surface area contributed by atoms with E-state index in [1.165, 1.54) is 5.56 Å². The molecule has 0 fully saturated rings. The molecule has 0 bridgehead atoms. The minimum absolute atomic E-state index is 0.425. The van der Waals surface area contributed by atoms with E-state index in [1.807, 2.05) is 11.8 Å². The van der Waals surface area contributed by atoms with Crippen LogP contribution in [0, 0.1) is 12.8 Å². The quantitative estimate of drug-likeness (QED) is 0.804. The van der Waals surface area contributed by atoms with Gasteiger partial charge in [0.25, 0.3) is 0 Å². The summed E-state index contributed by atoms with van der Waals surface area (Å²) in [4.78, 5) is 4.65. The van der Waals surface area contributed by atoms with Crippen molar-refractivity contribution in [1.29, 1.82) is 0 Å². The van der Waals surface area contributed by atoms with Crippen molar-refractivity contribution in [2.24, 2.45) is 10.9 Å². The maximum Gasteiger partial charge on any atom is 0.161 e. The first-order valence-electron chi connectivity index (χ1n) is 5.69. The van der Waals surface area contributed by atoms with Crippen molar-refractivity contribution in [2.75, 3.05) is 11.1 Å². The van der Waals surface area contributed by atoms with Gasteiger partial charge >= 0.3 is 0 Å². The largest absolute Gasteiger partial charge is 0.335 e. The molecule has 1 aliphatic rings. The highest BCUT2D eigenvalue weighted by atomic mass is 32.2. The van der Waals surface area contributed by atoms with Gasteiger partial charge in [0.05, 0.1) is 6.04 Å². The zero-order chi connectivity index (χ0) is 11.5. The molecule has 0 amide bonds. The summed E-state index contributed by atoms with van der Waals surface area (Å²) in [6.07, 6.45) is 0. The molecule has 0 aromatic heterocycles. The number of anilines is 1. The number of hydrogen-bond donors (Lipinski definition) is 1. The molecule has 2 rings (SSSR count). The van der Waals surface area contributed by atoms with Crippen LogP contribution in [0.2, 0.25) is 0 Å². The average molecular weight is 234 g/mol. The SMILES string of the molecule is Cc1ccc(NC2=NC(C)C(C)CS2)cc1. The Morgan fingerprint density at radius 3 is 2.56 bits per heavy atom. The third kappa shape index (κ3) is 2.79. The van der Waals surface area contributed by atoms with Crippen LogP contribution in [-0.2, 0) is 0 Å². The lowest BCUT2D eigenvalue weighted by atomic mass is 10.1. The predicted octanol–water partition coefficient (Wildman–Crippen LogP) is 3.53. The fraction of sp³-hybridized carbons (Fsp3) is 0.462. The summed E-state index contributed by atoms with van der Waals surface area (Å²) in [6.45, 7) is 6.53. The first kappa shape index (κ1) is 11.5. The number of rotatable bonds is 1. The zero-order valence-corrected chi connectivity index (χ0v) is 10.8. The van der Waals surface area contributed by atoms with Gasteiger partial charge in [0.2, 0.25) is 0 Å². The number of aryl methyl sites for hydroxylation is 1. The van der Waals surface area contributed by atoms with Gasteiger partial charge in [-0.25, -0.2) is 0 Å². The Kier molecular flexibility index (Phi) is 3.54. The summed E-state index contributed by atoms with van der Waals surface area (Å²) in [7, 11) is 0. The Bertz CT molecular complexity index is 383. The van der Waals surface area contributed by atoms with Crippen LogP contribution < -0.4 is 5.32 Å². The minimum Gasteiger partial charge on any atom is -0.335 e. The number of benzene rings is 1. The Hall–Kier alpha value is -0.960. The number of nitrogens with one attached hydrogen (secondary N) is 1. The maximum atomic E-state index is 4.65. The predicted molar refractivity (Wildman–Crippen MR) is 73.3 cm³/mol. The number of thioether (sulfide) groups is 1. The van der Waals surface area contributed by atoms with Crippen molar-refractivity contribution >= 4 is 22.6 Å². The zero-order valence-electron chi connectivity index (χ0n) is 10.0. The van der Waals surface area contributed by atoms with Crippen LogP contribution in [0.4, 0.5) is 5.69 Å². The summed E-state index contributed by atoms with van der Waals surface area (Å²) in [5.74, 6) is 1.83. The van der Waals surface area contributed by atoms with Crippen LogP contribution in [0.25, 0.3) is 0 Å². The summed E-state index contributed by atoms with van der Waals surface area (Å²) in [5.41, 5.74) is 2.41. The van der Waals surface area contributed by atoms with Gasteiger partial charge in [-0.3, -0.25) is 4.99 Å². The van der Waals surface area contributed by atoms with E-state index in [0.717, 1.165) is 16.6 Å². The summed E-state index contributed by atoms with van der Waals surface area (Å²) < 4.78 is 0.